The van der Waals surface area contributed by atoms with Gasteiger partial charge in [0.15, 0.2) is 15.8 Å². The second-order valence-corrected chi connectivity index (χ2v) is 9.70. The summed E-state index contributed by atoms with van der Waals surface area (Å²) in [6, 6.07) is 14.0. The molecule has 2 N–H and O–H groups in total. The van der Waals surface area contributed by atoms with E-state index in [0.29, 0.717) is 12.5 Å². The van der Waals surface area contributed by atoms with Crippen molar-refractivity contribution in [2.75, 3.05) is 25.6 Å². The van der Waals surface area contributed by atoms with Crippen LogP contribution in [-0.4, -0.2) is 40.0 Å². The maximum Gasteiger partial charge on any atom is 0.191 e. The average molecular weight is 551 g/mol. The van der Waals surface area contributed by atoms with Gasteiger partial charge in [-0.05, 0) is 47.6 Å². The Kier molecular flexibility index (Phi) is 11.6. The van der Waals surface area contributed by atoms with Crippen LogP contribution in [0, 0.1) is 5.82 Å². The molecular weight excluding hydrogens is 524 g/mol. The van der Waals surface area contributed by atoms with Crippen LogP contribution in [0.15, 0.2) is 58.4 Å². The van der Waals surface area contributed by atoms with Gasteiger partial charge in [-0.3, -0.25) is 4.99 Å². The fourth-order valence-electron chi connectivity index (χ4n) is 2.46. The molecule has 0 aliphatic carbocycles. The van der Waals surface area contributed by atoms with E-state index in [1.165, 1.54) is 18.4 Å². The summed E-state index contributed by atoms with van der Waals surface area (Å²) in [5.74, 6) is 1.48. The highest BCUT2D eigenvalue weighted by Crippen LogP contribution is 2.18. The van der Waals surface area contributed by atoms with E-state index in [2.05, 4.69) is 15.6 Å². The molecule has 0 spiro atoms. The van der Waals surface area contributed by atoms with Crippen LogP contribution >= 0.6 is 35.7 Å². The number of nitrogens with zero attached hydrogens (tertiary/aromatic N) is 1. The molecule has 0 fully saturated rings. The maximum atomic E-state index is 12.9. The van der Waals surface area contributed by atoms with Gasteiger partial charge in [0, 0.05) is 31.3 Å². The number of thioether (sulfide) groups is 1. The minimum atomic E-state index is -3.02. The van der Waals surface area contributed by atoms with E-state index in [-0.39, 0.29) is 35.5 Å². The van der Waals surface area contributed by atoms with E-state index < -0.39 is 9.84 Å². The monoisotopic (exact) mass is 551 g/mol. The number of rotatable bonds is 9. The molecule has 160 valence electrons. The highest BCUT2D eigenvalue weighted by Gasteiger charge is 2.04. The lowest BCUT2D eigenvalue weighted by molar-refractivity contribution is 0.601. The zero-order chi connectivity index (χ0) is 20.4. The molecule has 0 aliphatic rings. The molecule has 9 heteroatoms. The van der Waals surface area contributed by atoms with Gasteiger partial charge in [-0.1, -0.05) is 24.3 Å². The van der Waals surface area contributed by atoms with Gasteiger partial charge in [0.1, 0.15) is 5.82 Å². The third-order valence-corrected chi connectivity index (χ3v) is 5.79. The number of aliphatic imine (C=N–C) groups is 1. The molecule has 0 unspecified atom stereocenters. The minimum Gasteiger partial charge on any atom is -0.356 e. The molecule has 0 radical (unpaired) electrons. The van der Waals surface area contributed by atoms with Crippen molar-refractivity contribution in [3.05, 3.63) is 65.5 Å². The van der Waals surface area contributed by atoms with Crippen molar-refractivity contribution in [1.82, 2.24) is 10.6 Å². The Morgan fingerprint density at radius 3 is 2.24 bits per heavy atom. The van der Waals surface area contributed by atoms with Gasteiger partial charge in [-0.2, -0.15) is 0 Å². The molecule has 0 bridgehead atoms. The number of sulfone groups is 1. The highest BCUT2D eigenvalue weighted by atomic mass is 127. The lowest BCUT2D eigenvalue weighted by Gasteiger charge is -2.12. The summed E-state index contributed by atoms with van der Waals surface area (Å²) in [6.07, 6.45) is 2.18. The number of halogens is 2. The molecule has 0 amide bonds. The van der Waals surface area contributed by atoms with Crippen molar-refractivity contribution in [3.8, 4) is 0 Å². The fourth-order valence-corrected chi connectivity index (χ4v) is 4.11. The Bertz CT molecular complexity index is 874. The van der Waals surface area contributed by atoms with Gasteiger partial charge < -0.3 is 10.6 Å². The van der Waals surface area contributed by atoms with Crippen molar-refractivity contribution < 1.29 is 12.8 Å². The molecule has 29 heavy (non-hydrogen) atoms. The molecule has 5 nitrogen and oxygen atoms in total. The molecule has 0 atom stereocenters. The molecule has 0 saturated carbocycles. The van der Waals surface area contributed by atoms with Crippen molar-refractivity contribution in [3.63, 3.8) is 0 Å². The zero-order valence-electron chi connectivity index (χ0n) is 16.5. The van der Waals surface area contributed by atoms with Gasteiger partial charge >= 0.3 is 0 Å². The van der Waals surface area contributed by atoms with Crippen LogP contribution in [0.3, 0.4) is 0 Å². The van der Waals surface area contributed by atoms with Crippen molar-refractivity contribution in [2.24, 2.45) is 4.99 Å². The summed E-state index contributed by atoms with van der Waals surface area (Å²) in [7, 11) is -1.30. The Morgan fingerprint density at radius 1 is 1.03 bits per heavy atom. The molecular formula is C20H27FIN3O2S2. The maximum absolute atomic E-state index is 12.9. The SMILES string of the molecule is CN=C(NCCCSc1ccc(F)cc1)NCc1ccc(CS(C)(=O)=O)cc1.I. The van der Waals surface area contributed by atoms with Crippen molar-refractivity contribution >= 4 is 51.5 Å². The molecule has 0 aliphatic heterocycles. The summed E-state index contributed by atoms with van der Waals surface area (Å²) < 4.78 is 35.5. The quantitative estimate of drug-likeness (QED) is 0.163. The van der Waals surface area contributed by atoms with E-state index in [1.54, 1.807) is 30.9 Å². The van der Waals surface area contributed by atoms with Crippen LogP contribution < -0.4 is 10.6 Å². The van der Waals surface area contributed by atoms with E-state index >= 15 is 0 Å². The summed E-state index contributed by atoms with van der Waals surface area (Å²) >= 11 is 1.69. The first-order valence-electron chi connectivity index (χ1n) is 8.94. The first-order chi connectivity index (χ1) is 13.4. The Morgan fingerprint density at radius 2 is 1.66 bits per heavy atom. The van der Waals surface area contributed by atoms with E-state index in [4.69, 9.17) is 0 Å². The van der Waals surface area contributed by atoms with Gasteiger partial charge in [0.25, 0.3) is 0 Å². The Balaban J connectivity index is 0.00000420. The largest absolute Gasteiger partial charge is 0.356 e. The molecule has 2 rings (SSSR count). The number of hydrogen-bond donors (Lipinski definition) is 2. The van der Waals surface area contributed by atoms with Crippen LogP contribution in [0.1, 0.15) is 17.5 Å². The smallest absolute Gasteiger partial charge is 0.191 e. The molecule has 2 aromatic carbocycles. The van der Waals surface area contributed by atoms with Gasteiger partial charge in [0.2, 0.25) is 0 Å². The second kappa shape index (κ2) is 13.1. The first kappa shape index (κ1) is 25.7. The summed E-state index contributed by atoms with van der Waals surface area (Å²) in [5.41, 5.74) is 1.83. The van der Waals surface area contributed by atoms with Crippen molar-refractivity contribution in [2.45, 2.75) is 23.6 Å². The van der Waals surface area contributed by atoms with E-state index in [9.17, 15) is 12.8 Å². The predicted molar refractivity (Wildman–Crippen MR) is 130 cm³/mol. The number of guanidine groups is 1. The molecule has 0 aromatic heterocycles. The molecule has 2 aromatic rings. The number of hydrogen-bond acceptors (Lipinski definition) is 4. The number of benzene rings is 2. The topological polar surface area (TPSA) is 70.6 Å². The Hall–Kier alpha value is -1.33. The highest BCUT2D eigenvalue weighted by molar-refractivity contribution is 14.0. The van der Waals surface area contributed by atoms with Gasteiger partial charge in [-0.25, -0.2) is 12.8 Å². The lowest BCUT2D eigenvalue weighted by Crippen LogP contribution is -2.37. The van der Waals surface area contributed by atoms with Gasteiger partial charge in [-0.15, -0.1) is 35.7 Å². The normalized spacial score (nSPS) is 11.6. The lowest BCUT2D eigenvalue weighted by atomic mass is 10.1. The van der Waals surface area contributed by atoms with Crippen LogP contribution in [0.2, 0.25) is 0 Å². The van der Waals surface area contributed by atoms with Gasteiger partial charge in [0.05, 0.1) is 5.75 Å². The first-order valence-corrected chi connectivity index (χ1v) is 12.0. The van der Waals surface area contributed by atoms with Crippen LogP contribution in [0.5, 0.6) is 0 Å². The van der Waals surface area contributed by atoms with E-state index in [0.717, 1.165) is 34.7 Å². The van der Waals surface area contributed by atoms with E-state index in [1.807, 2.05) is 24.3 Å². The van der Waals surface area contributed by atoms with Crippen molar-refractivity contribution in [1.29, 1.82) is 0 Å². The third-order valence-electron chi connectivity index (χ3n) is 3.83. The summed E-state index contributed by atoms with van der Waals surface area (Å²) in [6.45, 7) is 1.38. The summed E-state index contributed by atoms with van der Waals surface area (Å²) in [5, 5.41) is 6.50. The predicted octanol–water partition coefficient (Wildman–Crippen LogP) is 3.84. The average Bonchev–Trinajstić information content (AvgIpc) is 2.65. The summed E-state index contributed by atoms with van der Waals surface area (Å²) in [4.78, 5) is 5.26. The van der Waals surface area contributed by atoms with Crippen LogP contribution in [0.4, 0.5) is 4.39 Å². The standard InChI is InChI=1S/C20H26FN3O2S2.HI/c1-22-20(23-12-3-13-27-19-10-8-18(21)9-11-19)24-14-16-4-6-17(7-5-16)15-28(2,25)26;/h4-11H,3,12-15H2,1-2H3,(H2,22,23,24);1H. The Labute approximate surface area is 193 Å². The second-order valence-electron chi connectivity index (χ2n) is 6.40. The van der Waals surface area contributed by atoms with Crippen LogP contribution in [-0.2, 0) is 22.1 Å². The van der Waals surface area contributed by atoms with Crippen LogP contribution in [0.25, 0.3) is 0 Å². The molecule has 0 heterocycles. The number of nitrogens with one attached hydrogen (secondary N) is 2. The fraction of sp³-hybridized carbons (Fsp3) is 0.350. The minimum absolute atomic E-state index is 0. The molecule has 0 saturated heterocycles. The zero-order valence-corrected chi connectivity index (χ0v) is 20.5. The third kappa shape index (κ3) is 10.9.